The van der Waals surface area contributed by atoms with Crippen LogP contribution in [0.25, 0.3) is 0 Å². The van der Waals surface area contributed by atoms with Crippen molar-refractivity contribution in [2.24, 2.45) is 5.41 Å². The minimum absolute atomic E-state index is 0.0213. The largest absolute Gasteiger partial charge is 0.240 e. The first-order valence-electron chi connectivity index (χ1n) is 7.20. The van der Waals surface area contributed by atoms with Crippen LogP contribution in [0.5, 0.6) is 0 Å². The minimum atomic E-state index is -3.67. The lowest BCUT2D eigenvalue weighted by atomic mass is 9.76. The summed E-state index contributed by atoms with van der Waals surface area (Å²) in [5, 5.41) is 0.782. The van der Waals surface area contributed by atoms with E-state index in [4.69, 9.17) is 0 Å². The third kappa shape index (κ3) is 4.05. The van der Waals surface area contributed by atoms with E-state index in [1.54, 1.807) is 6.92 Å². The van der Waals surface area contributed by atoms with Gasteiger partial charge >= 0.3 is 0 Å². The summed E-state index contributed by atoms with van der Waals surface area (Å²) < 4.78 is 40.8. The lowest BCUT2D eigenvalue weighted by Crippen LogP contribution is -2.40. The Kier molecular flexibility index (Phi) is 5.43. The Labute approximate surface area is 134 Å². The van der Waals surface area contributed by atoms with Crippen molar-refractivity contribution in [1.29, 1.82) is 0 Å². The van der Waals surface area contributed by atoms with E-state index in [1.165, 1.54) is 18.6 Å². The lowest BCUT2D eigenvalue weighted by Gasteiger charge is -2.35. The molecule has 2 rings (SSSR count). The van der Waals surface area contributed by atoms with Gasteiger partial charge in [0.1, 0.15) is 5.82 Å². The summed E-state index contributed by atoms with van der Waals surface area (Å²) in [6.45, 7) is 2.07. The Bertz CT molecular complexity index is 598. The minimum Gasteiger partial charge on any atom is -0.211 e. The van der Waals surface area contributed by atoms with Crippen molar-refractivity contribution in [3.05, 3.63) is 29.6 Å². The first-order valence-corrected chi connectivity index (χ1v) is 9.81. The summed E-state index contributed by atoms with van der Waals surface area (Å²) in [7, 11) is -3.67. The van der Waals surface area contributed by atoms with Gasteiger partial charge in [-0.2, -0.15) is 0 Å². The number of sulfonamides is 1. The summed E-state index contributed by atoms with van der Waals surface area (Å²) in [5.41, 5.74) is 0.535. The second kappa shape index (κ2) is 6.75. The van der Waals surface area contributed by atoms with E-state index in [0.717, 1.165) is 37.1 Å². The molecule has 1 aromatic carbocycles. The zero-order valence-corrected chi connectivity index (χ0v) is 14.6. The number of nitrogens with one attached hydrogen (secondary N) is 1. The Balaban J connectivity index is 2.15. The maximum atomic E-state index is 13.3. The number of alkyl halides is 1. The van der Waals surface area contributed by atoms with Crippen LogP contribution in [0.15, 0.2) is 23.1 Å². The quantitative estimate of drug-likeness (QED) is 0.794. The monoisotopic (exact) mass is 377 g/mol. The van der Waals surface area contributed by atoms with Crippen molar-refractivity contribution < 1.29 is 12.8 Å². The first kappa shape index (κ1) is 16.9. The van der Waals surface area contributed by atoms with Crippen LogP contribution in [0.4, 0.5) is 4.39 Å². The second-order valence-electron chi connectivity index (χ2n) is 5.93. The number of hydrogen-bond donors (Lipinski definition) is 1. The summed E-state index contributed by atoms with van der Waals surface area (Å²) in [6.07, 6.45) is 5.51. The van der Waals surface area contributed by atoms with E-state index in [9.17, 15) is 12.8 Å². The number of aryl methyl sites for hydroxylation is 1. The van der Waals surface area contributed by atoms with Crippen LogP contribution in [0.1, 0.15) is 37.7 Å². The smallest absolute Gasteiger partial charge is 0.211 e. The van der Waals surface area contributed by atoms with Crippen molar-refractivity contribution >= 4 is 26.0 Å². The van der Waals surface area contributed by atoms with Gasteiger partial charge in [0.15, 0.2) is 0 Å². The van der Waals surface area contributed by atoms with E-state index < -0.39 is 15.8 Å². The fourth-order valence-electron chi connectivity index (χ4n) is 2.85. The standard InChI is InChI=1S/C15H21BrFNO2S/c1-12-5-6-13(17)9-14(12)21(19,20)18-11-15(10-16)7-3-2-4-8-15/h5-6,9,18H,2-4,7-8,10-11H2,1H3. The Morgan fingerprint density at radius 1 is 1.29 bits per heavy atom. The van der Waals surface area contributed by atoms with Crippen LogP contribution < -0.4 is 4.72 Å². The number of benzene rings is 1. The summed E-state index contributed by atoms with van der Waals surface area (Å²) in [5.74, 6) is -0.533. The number of rotatable bonds is 5. The van der Waals surface area contributed by atoms with Crippen molar-refractivity contribution in [3.8, 4) is 0 Å². The SMILES string of the molecule is Cc1ccc(F)cc1S(=O)(=O)NCC1(CBr)CCCCC1. The topological polar surface area (TPSA) is 46.2 Å². The molecule has 0 atom stereocenters. The molecule has 0 radical (unpaired) electrons. The molecule has 118 valence electrons. The zero-order valence-electron chi connectivity index (χ0n) is 12.2. The summed E-state index contributed by atoms with van der Waals surface area (Å²) >= 11 is 3.52. The van der Waals surface area contributed by atoms with Gasteiger partial charge in [0, 0.05) is 11.9 Å². The molecule has 0 aliphatic heterocycles. The second-order valence-corrected chi connectivity index (χ2v) is 8.22. The molecule has 1 aromatic rings. The van der Waals surface area contributed by atoms with Crippen LogP contribution in [-0.2, 0) is 10.0 Å². The zero-order chi connectivity index (χ0) is 15.5. The van der Waals surface area contributed by atoms with Crippen LogP contribution in [-0.4, -0.2) is 20.3 Å². The van der Waals surface area contributed by atoms with Crippen LogP contribution in [0.3, 0.4) is 0 Å². The molecule has 1 saturated carbocycles. The Morgan fingerprint density at radius 3 is 2.57 bits per heavy atom. The van der Waals surface area contributed by atoms with E-state index in [1.807, 2.05) is 0 Å². The van der Waals surface area contributed by atoms with Crippen LogP contribution in [0, 0.1) is 18.2 Å². The number of halogens is 2. The molecule has 0 amide bonds. The summed E-state index contributed by atoms with van der Waals surface area (Å²) in [4.78, 5) is 0.0306. The van der Waals surface area contributed by atoms with Crippen molar-refractivity contribution in [1.82, 2.24) is 4.72 Å². The third-order valence-electron chi connectivity index (χ3n) is 4.27. The molecule has 1 aliphatic rings. The molecule has 3 nitrogen and oxygen atoms in total. The molecule has 21 heavy (non-hydrogen) atoms. The van der Waals surface area contributed by atoms with Crippen LogP contribution >= 0.6 is 15.9 Å². The molecule has 0 saturated heterocycles. The van der Waals surface area contributed by atoms with Gasteiger partial charge in [-0.1, -0.05) is 41.3 Å². The van der Waals surface area contributed by atoms with Crippen molar-refractivity contribution in [3.63, 3.8) is 0 Å². The van der Waals surface area contributed by atoms with Gasteiger partial charge in [-0.25, -0.2) is 17.5 Å². The molecule has 0 spiro atoms. The maximum absolute atomic E-state index is 13.3. The number of hydrogen-bond acceptors (Lipinski definition) is 2. The van der Waals surface area contributed by atoms with Gasteiger partial charge < -0.3 is 0 Å². The molecular formula is C15H21BrFNO2S. The van der Waals surface area contributed by atoms with Gasteiger partial charge in [-0.05, 0) is 42.9 Å². The van der Waals surface area contributed by atoms with Gasteiger partial charge in [0.05, 0.1) is 4.90 Å². The average molecular weight is 378 g/mol. The molecule has 1 fully saturated rings. The predicted octanol–water partition coefficient (Wildman–Crippen LogP) is 3.76. The highest BCUT2D eigenvalue weighted by Crippen LogP contribution is 2.37. The normalized spacial score (nSPS) is 18.6. The fourth-order valence-corrected chi connectivity index (χ4v) is 5.02. The van der Waals surface area contributed by atoms with E-state index in [0.29, 0.717) is 12.1 Å². The van der Waals surface area contributed by atoms with Gasteiger partial charge in [-0.15, -0.1) is 0 Å². The third-order valence-corrected chi connectivity index (χ3v) is 7.01. The lowest BCUT2D eigenvalue weighted by molar-refractivity contribution is 0.227. The Hall–Kier alpha value is -0.460. The molecule has 1 aliphatic carbocycles. The molecule has 0 unspecified atom stereocenters. The molecule has 0 aromatic heterocycles. The average Bonchev–Trinajstić information content (AvgIpc) is 2.49. The fraction of sp³-hybridized carbons (Fsp3) is 0.600. The first-order chi connectivity index (χ1) is 9.88. The highest BCUT2D eigenvalue weighted by molar-refractivity contribution is 9.09. The molecule has 0 bridgehead atoms. The van der Waals surface area contributed by atoms with E-state index in [-0.39, 0.29) is 10.3 Å². The highest BCUT2D eigenvalue weighted by Gasteiger charge is 2.32. The van der Waals surface area contributed by atoms with Crippen LogP contribution in [0.2, 0.25) is 0 Å². The van der Waals surface area contributed by atoms with Crippen molar-refractivity contribution in [2.75, 3.05) is 11.9 Å². The van der Waals surface area contributed by atoms with E-state index >= 15 is 0 Å². The molecule has 1 N–H and O–H groups in total. The summed E-state index contributed by atoms with van der Waals surface area (Å²) in [6, 6.07) is 3.85. The van der Waals surface area contributed by atoms with Crippen molar-refractivity contribution in [2.45, 2.75) is 43.9 Å². The van der Waals surface area contributed by atoms with E-state index in [2.05, 4.69) is 20.7 Å². The van der Waals surface area contributed by atoms with Gasteiger partial charge in [0.25, 0.3) is 0 Å². The highest BCUT2D eigenvalue weighted by atomic mass is 79.9. The van der Waals surface area contributed by atoms with Gasteiger partial charge in [0.2, 0.25) is 10.0 Å². The molecule has 6 heteroatoms. The Morgan fingerprint density at radius 2 is 1.95 bits per heavy atom. The molecule has 0 heterocycles. The predicted molar refractivity (Wildman–Crippen MR) is 85.6 cm³/mol. The van der Waals surface area contributed by atoms with Gasteiger partial charge in [-0.3, -0.25) is 0 Å². The molecular weight excluding hydrogens is 357 g/mol. The maximum Gasteiger partial charge on any atom is 0.240 e.